The van der Waals surface area contributed by atoms with Crippen LogP contribution in [-0.4, -0.2) is 11.8 Å². The van der Waals surface area contributed by atoms with E-state index >= 15 is 0 Å². The molecule has 0 N–H and O–H groups in total. The van der Waals surface area contributed by atoms with Crippen LogP contribution in [0.2, 0.25) is 5.02 Å². The molecular formula is C22H14BrClO3. The smallest absolute Gasteiger partial charge is 0.345 e. The van der Waals surface area contributed by atoms with E-state index in [2.05, 4.69) is 15.9 Å². The molecule has 0 bridgehead atoms. The van der Waals surface area contributed by atoms with Crippen molar-refractivity contribution in [2.45, 2.75) is 0 Å². The van der Waals surface area contributed by atoms with Crippen molar-refractivity contribution in [3.8, 4) is 5.75 Å². The van der Waals surface area contributed by atoms with Crippen LogP contribution in [0.15, 0.2) is 83.3 Å². The number of ether oxygens (including phenoxy) is 1. The number of ketones is 1. The molecule has 0 radical (unpaired) electrons. The van der Waals surface area contributed by atoms with Crippen molar-refractivity contribution >= 4 is 45.4 Å². The van der Waals surface area contributed by atoms with E-state index in [0.29, 0.717) is 21.9 Å². The van der Waals surface area contributed by atoms with Gasteiger partial charge in [-0.2, -0.15) is 0 Å². The maximum atomic E-state index is 12.1. The third-order valence-electron chi connectivity index (χ3n) is 3.74. The van der Waals surface area contributed by atoms with E-state index in [1.165, 1.54) is 6.08 Å². The van der Waals surface area contributed by atoms with E-state index in [0.717, 1.165) is 10.0 Å². The van der Waals surface area contributed by atoms with E-state index in [4.69, 9.17) is 16.3 Å². The molecule has 0 atom stereocenters. The highest BCUT2D eigenvalue weighted by Crippen LogP contribution is 2.19. The predicted octanol–water partition coefficient (Wildman–Crippen LogP) is 6.22. The first-order chi connectivity index (χ1) is 13.0. The molecule has 0 aliphatic carbocycles. The number of hydrogen-bond acceptors (Lipinski definition) is 3. The largest absolute Gasteiger partial charge is 0.423 e. The number of carbonyl (C=O) groups excluding carboxylic acids is 2. The Labute approximate surface area is 170 Å². The zero-order valence-corrected chi connectivity index (χ0v) is 16.4. The first-order valence-electron chi connectivity index (χ1n) is 8.08. The molecule has 3 aromatic rings. The number of rotatable bonds is 5. The van der Waals surface area contributed by atoms with Gasteiger partial charge in [0.25, 0.3) is 0 Å². The number of hydrogen-bond donors (Lipinski definition) is 0. The average Bonchev–Trinajstić information content (AvgIpc) is 2.68. The van der Waals surface area contributed by atoms with Crippen molar-refractivity contribution in [1.29, 1.82) is 0 Å². The Kier molecular flexibility index (Phi) is 6.22. The summed E-state index contributed by atoms with van der Waals surface area (Å²) in [6.07, 6.45) is 3.22. The van der Waals surface area contributed by atoms with Gasteiger partial charge >= 0.3 is 5.97 Å². The van der Waals surface area contributed by atoms with Gasteiger partial charge in [-0.15, -0.1) is 0 Å². The van der Waals surface area contributed by atoms with Crippen molar-refractivity contribution in [3.05, 3.63) is 105 Å². The van der Waals surface area contributed by atoms with Crippen LogP contribution in [0.3, 0.4) is 0 Å². The van der Waals surface area contributed by atoms with Crippen LogP contribution in [0.5, 0.6) is 5.75 Å². The van der Waals surface area contributed by atoms with Crippen molar-refractivity contribution in [2.75, 3.05) is 0 Å². The molecule has 0 amide bonds. The number of benzene rings is 3. The van der Waals surface area contributed by atoms with E-state index in [-0.39, 0.29) is 5.78 Å². The van der Waals surface area contributed by atoms with Gasteiger partial charge in [0, 0.05) is 10.0 Å². The van der Waals surface area contributed by atoms with Crippen LogP contribution in [-0.2, 0) is 0 Å². The lowest BCUT2D eigenvalue weighted by atomic mass is 10.1. The van der Waals surface area contributed by atoms with E-state index in [1.807, 2.05) is 12.1 Å². The summed E-state index contributed by atoms with van der Waals surface area (Å²) in [5, 5.41) is 0.341. The monoisotopic (exact) mass is 440 g/mol. The topological polar surface area (TPSA) is 43.4 Å². The molecule has 0 aromatic heterocycles. The predicted molar refractivity (Wildman–Crippen MR) is 110 cm³/mol. The van der Waals surface area contributed by atoms with Crippen LogP contribution in [0.1, 0.15) is 26.3 Å². The fraction of sp³-hybridized carbons (Fsp3) is 0. The van der Waals surface area contributed by atoms with Crippen LogP contribution < -0.4 is 4.74 Å². The molecular weight excluding hydrogens is 428 g/mol. The maximum Gasteiger partial charge on any atom is 0.345 e. The average molecular weight is 442 g/mol. The van der Waals surface area contributed by atoms with Gasteiger partial charge in [-0.1, -0.05) is 57.9 Å². The summed E-state index contributed by atoms with van der Waals surface area (Å²) >= 11 is 9.34. The summed E-state index contributed by atoms with van der Waals surface area (Å²) in [5.41, 5.74) is 1.74. The standard InChI is InChI=1S/C22H14BrClO3/c23-17-10-8-16(9-11-17)21(25)14-7-15-5-12-18(13-6-15)27-22(26)19-3-1-2-4-20(19)24/h1-14H/b14-7+. The van der Waals surface area contributed by atoms with Gasteiger partial charge in [-0.3, -0.25) is 4.79 Å². The highest BCUT2D eigenvalue weighted by Gasteiger charge is 2.11. The van der Waals surface area contributed by atoms with Crippen LogP contribution in [0.4, 0.5) is 0 Å². The van der Waals surface area contributed by atoms with Crippen LogP contribution in [0, 0.1) is 0 Å². The minimum Gasteiger partial charge on any atom is -0.423 e. The zero-order chi connectivity index (χ0) is 19.2. The molecule has 0 heterocycles. The van der Waals surface area contributed by atoms with Gasteiger partial charge in [0.15, 0.2) is 5.78 Å². The molecule has 0 aliphatic heterocycles. The molecule has 3 nitrogen and oxygen atoms in total. The third kappa shape index (κ3) is 5.16. The molecule has 0 spiro atoms. The van der Waals surface area contributed by atoms with Crippen LogP contribution >= 0.6 is 27.5 Å². The zero-order valence-electron chi connectivity index (χ0n) is 14.1. The number of halogens is 2. The lowest BCUT2D eigenvalue weighted by Crippen LogP contribution is -2.08. The highest BCUT2D eigenvalue weighted by molar-refractivity contribution is 9.10. The molecule has 0 fully saturated rings. The van der Waals surface area contributed by atoms with Crippen molar-refractivity contribution in [3.63, 3.8) is 0 Å². The van der Waals surface area contributed by atoms with Gasteiger partial charge in [0.2, 0.25) is 0 Å². The van der Waals surface area contributed by atoms with E-state index < -0.39 is 5.97 Å². The summed E-state index contributed by atoms with van der Waals surface area (Å²) in [4.78, 5) is 24.3. The first kappa shape index (κ1) is 19.1. The van der Waals surface area contributed by atoms with Crippen molar-refractivity contribution < 1.29 is 14.3 Å². The Morgan fingerprint density at radius 1 is 0.889 bits per heavy atom. The number of esters is 1. The molecule has 27 heavy (non-hydrogen) atoms. The van der Waals surface area contributed by atoms with Crippen LogP contribution in [0.25, 0.3) is 6.08 Å². The Balaban J connectivity index is 1.65. The minimum absolute atomic E-state index is 0.0864. The van der Waals surface area contributed by atoms with Gasteiger partial charge in [-0.05, 0) is 60.2 Å². The maximum absolute atomic E-state index is 12.1. The molecule has 5 heteroatoms. The van der Waals surface area contributed by atoms with Gasteiger partial charge < -0.3 is 4.74 Å². The molecule has 0 unspecified atom stereocenters. The highest BCUT2D eigenvalue weighted by atomic mass is 79.9. The van der Waals surface area contributed by atoms with Gasteiger partial charge in [0.1, 0.15) is 5.75 Å². The Morgan fingerprint density at radius 2 is 1.56 bits per heavy atom. The minimum atomic E-state index is -0.519. The van der Waals surface area contributed by atoms with Gasteiger partial charge in [0.05, 0.1) is 10.6 Å². The molecule has 3 aromatic carbocycles. The summed E-state index contributed by atoms with van der Waals surface area (Å²) in [5.74, 6) is -0.206. The molecule has 0 saturated carbocycles. The van der Waals surface area contributed by atoms with Crippen molar-refractivity contribution in [2.24, 2.45) is 0 Å². The van der Waals surface area contributed by atoms with Crippen molar-refractivity contribution in [1.82, 2.24) is 0 Å². The lowest BCUT2D eigenvalue weighted by molar-refractivity contribution is 0.0734. The molecule has 0 saturated heterocycles. The second-order valence-electron chi connectivity index (χ2n) is 5.64. The molecule has 0 aliphatic rings. The Morgan fingerprint density at radius 3 is 2.22 bits per heavy atom. The Bertz CT molecular complexity index is 993. The number of allylic oxidation sites excluding steroid dienone is 1. The quantitative estimate of drug-likeness (QED) is 0.204. The van der Waals surface area contributed by atoms with E-state index in [1.54, 1.807) is 66.7 Å². The normalized spacial score (nSPS) is 10.7. The first-order valence-corrected chi connectivity index (χ1v) is 9.25. The number of carbonyl (C=O) groups is 2. The summed E-state index contributed by atoms with van der Waals surface area (Å²) < 4.78 is 6.24. The van der Waals surface area contributed by atoms with Gasteiger partial charge in [-0.25, -0.2) is 4.79 Å². The second kappa shape index (κ2) is 8.80. The summed E-state index contributed by atoms with van der Waals surface area (Å²) in [6, 6.07) is 20.7. The lowest BCUT2D eigenvalue weighted by Gasteiger charge is -2.06. The molecule has 134 valence electrons. The second-order valence-corrected chi connectivity index (χ2v) is 6.97. The SMILES string of the molecule is O=C(/C=C/c1ccc(OC(=O)c2ccccc2Cl)cc1)c1ccc(Br)cc1. The fourth-order valence-electron chi connectivity index (χ4n) is 2.32. The van der Waals surface area contributed by atoms with E-state index in [9.17, 15) is 9.59 Å². The summed E-state index contributed by atoms with van der Waals surface area (Å²) in [6.45, 7) is 0. The third-order valence-corrected chi connectivity index (χ3v) is 4.60. The summed E-state index contributed by atoms with van der Waals surface area (Å²) in [7, 11) is 0. The fourth-order valence-corrected chi connectivity index (χ4v) is 2.80. The molecule has 3 rings (SSSR count). The Hall–Kier alpha value is -2.69.